The van der Waals surface area contributed by atoms with Crippen LogP contribution in [0.1, 0.15) is 74.7 Å². The molecule has 1 unspecified atom stereocenters. The van der Waals surface area contributed by atoms with E-state index in [0.29, 0.717) is 0 Å². The normalized spacial score (nSPS) is 16.0. The van der Waals surface area contributed by atoms with Crippen LogP contribution >= 0.6 is 0 Å². The Morgan fingerprint density at radius 1 is 1.05 bits per heavy atom. The number of allylic oxidation sites excluding steroid dienone is 2. The van der Waals surface area contributed by atoms with Crippen molar-refractivity contribution in [3.8, 4) is 0 Å². The summed E-state index contributed by atoms with van der Waals surface area (Å²) < 4.78 is 6.91. The summed E-state index contributed by atoms with van der Waals surface area (Å²) in [5.74, 6) is 0.129. The zero-order valence-corrected chi connectivity index (χ0v) is 17.2. The Morgan fingerprint density at radius 2 is 1.55 bits per heavy atom. The van der Waals surface area contributed by atoms with Gasteiger partial charge in [0.1, 0.15) is 0 Å². The van der Waals surface area contributed by atoms with Gasteiger partial charge in [-0.25, -0.2) is 0 Å². The number of hydrogen-bond donors (Lipinski definition) is 0. The maximum atomic E-state index is 11.0. The number of rotatable bonds is 10. The predicted molar refractivity (Wildman–Crippen MR) is 99.8 cm³/mol. The van der Waals surface area contributed by atoms with Gasteiger partial charge in [0.15, 0.2) is 14.1 Å². The lowest BCUT2D eigenvalue weighted by atomic mass is 9.75. The fourth-order valence-corrected chi connectivity index (χ4v) is 6.13. The van der Waals surface area contributed by atoms with Crippen LogP contribution in [0.3, 0.4) is 0 Å². The first-order chi connectivity index (χ1) is 10.1. The number of hydrogen-bond acceptors (Lipinski definition) is 2. The van der Waals surface area contributed by atoms with Crippen molar-refractivity contribution in [2.24, 2.45) is 5.41 Å². The molecule has 2 nitrogen and oxygen atoms in total. The first kappa shape index (κ1) is 21.6. The number of ketones is 1. The molecule has 0 rings (SSSR count). The van der Waals surface area contributed by atoms with Crippen LogP contribution in [0.4, 0.5) is 0 Å². The van der Waals surface area contributed by atoms with Gasteiger partial charge in [0.2, 0.25) is 0 Å². The Hall–Kier alpha value is -0.413. The van der Waals surface area contributed by atoms with Gasteiger partial charge in [-0.1, -0.05) is 47.6 Å². The maximum absolute atomic E-state index is 11.0. The van der Waals surface area contributed by atoms with Crippen LogP contribution in [-0.4, -0.2) is 19.7 Å². The van der Waals surface area contributed by atoms with Crippen molar-refractivity contribution >= 4 is 14.1 Å². The molecule has 0 aliphatic carbocycles. The SMILES string of the molecule is CC[Si](CC)(CC)OC(C)(CCC/C=C/C(C)=O)C(C)(C)C. The molecule has 0 saturated carbocycles. The summed E-state index contributed by atoms with van der Waals surface area (Å²) in [6.07, 6.45) is 6.74. The predicted octanol–water partition coefficient (Wildman–Crippen LogP) is 6.13. The van der Waals surface area contributed by atoms with Crippen LogP contribution in [0.25, 0.3) is 0 Å². The van der Waals surface area contributed by atoms with Gasteiger partial charge in [-0.15, -0.1) is 0 Å². The van der Waals surface area contributed by atoms with Crippen LogP contribution < -0.4 is 0 Å². The minimum atomic E-state index is -1.62. The molecule has 0 heterocycles. The van der Waals surface area contributed by atoms with Crippen molar-refractivity contribution < 1.29 is 9.22 Å². The van der Waals surface area contributed by atoms with Crippen molar-refractivity contribution in [2.45, 2.75) is 98.4 Å². The van der Waals surface area contributed by atoms with E-state index in [2.05, 4.69) is 48.5 Å². The molecule has 0 bridgehead atoms. The highest BCUT2D eigenvalue weighted by molar-refractivity contribution is 6.73. The topological polar surface area (TPSA) is 26.3 Å². The van der Waals surface area contributed by atoms with Crippen molar-refractivity contribution in [2.75, 3.05) is 0 Å². The Kier molecular flexibility index (Phi) is 8.85. The first-order valence-corrected chi connectivity index (χ1v) is 11.5. The summed E-state index contributed by atoms with van der Waals surface area (Å²) in [5, 5.41) is 0. The van der Waals surface area contributed by atoms with Crippen molar-refractivity contribution in [1.82, 2.24) is 0 Å². The number of unbranched alkanes of at least 4 members (excludes halogenated alkanes) is 1. The largest absolute Gasteiger partial charge is 0.411 e. The molecule has 3 heteroatoms. The summed E-state index contributed by atoms with van der Waals surface area (Å²) in [6.45, 7) is 17.6. The third-order valence-corrected chi connectivity index (χ3v) is 10.1. The molecule has 1 atom stereocenters. The number of carbonyl (C=O) groups is 1. The third kappa shape index (κ3) is 6.37. The van der Waals surface area contributed by atoms with E-state index in [1.54, 1.807) is 13.0 Å². The average Bonchev–Trinajstić information content (AvgIpc) is 2.43. The van der Waals surface area contributed by atoms with E-state index in [4.69, 9.17) is 4.43 Å². The molecule has 22 heavy (non-hydrogen) atoms. The van der Waals surface area contributed by atoms with Gasteiger partial charge in [-0.05, 0) is 62.7 Å². The lowest BCUT2D eigenvalue weighted by Crippen LogP contribution is -2.52. The molecule has 0 saturated heterocycles. The molecule has 0 aromatic heterocycles. The van der Waals surface area contributed by atoms with Gasteiger partial charge in [0, 0.05) is 0 Å². The molecule has 0 amide bonds. The summed E-state index contributed by atoms with van der Waals surface area (Å²) >= 11 is 0. The van der Waals surface area contributed by atoms with E-state index in [-0.39, 0.29) is 16.8 Å². The molecule has 0 aliphatic heterocycles. The fraction of sp³-hybridized carbons (Fsp3) is 0.842. The molecule has 0 aromatic carbocycles. The zero-order chi connectivity index (χ0) is 17.4. The Bertz CT molecular complexity index is 356. The minimum Gasteiger partial charge on any atom is -0.411 e. The van der Waals surface area contributed by atoms with Gasteiger partial charge in [-0.3, -0.25) is 4.79 Å². The van der Waals surface area contributed by atoms with Crippen molar-refractivity contribution in [3.05, 3.63) is 12.2 Å². The smallest absolute Gasteiger partial charge is 0.192 e. The summed E-state index contributed by atoms with van der Waals surface area (Å²) in [7, 11) is -1.62. The first-order valence-electron chi connectivity index (χ1n) is 8.93. The molecule has 0 fully saturated rings. The standard InChI is InChI=1S/C19H38O2Si/c1-9-22(10-2,11-3)21-19(8,18(5,6)7)16-14-12-13-15-17(4)20/h13,15H,9-12,14,16H2,1-8H3/b15-13+. The molecule has 0 N–H and O–H groups in total. The van der Waals surface area contributed by atoms with Gasteiger partial charge >= 0.3 is 0 Å². The second-order valence-corrected chi connectivity index (χ2v) is 12.4. The molecular weight excluding hydrogens is 288 g/mol. The van der Waals surface area contributed by atoms with Gasteiger partial charge in [0.25, 0.3) is 0 Å². The van der Waals surface area contributed by atoms with Crippen molar-refractivity contribution in [3.63, 3.8) is 0 Å². The maximum Gasteiger partial charge on any atom is 0.192 e. The molecular formula is C19H38O2Si. The highest BCUT2D eigenvalue weighted by Gasteiger charge is 2.44. The van der Waals surface area contributed by atoms with E-state index < -0.39 is 8.32 Å². The monoisotopic (exact) mass is 326 g/mol. The molecule has 0 spiro atoms. The zero-order valence-electron chi connectivity index (χ0n) is 16.2. The second kappa shape index (κ2) is 9.02. The Morgan fingerprint density at radius 3 is 1.91 bits per heavy atom. The quantitative estimate of drug-likeness (QED) is 0.274. The van der Waals surface area contributed by atoms with Gasteiger partial charge in [0.05, 0.1) is 5.60 Å². The fourth-order valence-electron chi connectivity index (χ4n) is 2.83. The highest BCUT2D eigenvalue weighted by Crippen LogP contribution is 2.42. The van der Waals surface area contributed by atoms with Crippen LogP contribution in [0.5, 0.6) is 0 Å². The molecule has 0 aliphatic rings. The van der Waals surface area contributed by atoms with Gasteiger partial charge in [-0.2, -0.15) is 0 Å². The summed E-state index contributed by atoms with van der Waals surface area (Å²) in [5.41, 5.74) is 0.0281. The van der Waals surface area contributed by atoms with Crippen LogP contribution in [0, 0.1) is 5.41 Å². The van der Waals surface area contributed by atoms with Crippen LogP contribution in [0.2, 0.25) is 18.1 Å². The van der Waals surface area contributed by atoms with E-state index in [1.807, 2.05) is 6.08 Å². The van der Waals surface area contributed by atoms with E-state index >= 15 is 0 Å². The Balaban J connectivity index is 4.98. The van der Waals surface area contributed by atoms with Gasteiger partial charge < -0.3 is 4.43 Å². The third-order valence-electron chi connectivity index (χ3n) is 5.34. The van der Waals surface area contributed by atoms with E-state index in [9.17, 15) is 4.79 Å². The molecule has 0 aromatic rings. The lowest BCUT2D eigenvalue weighted by molar-refractivity contribution is -0.112. The molecule has 0 radical (unpaired) electrons. The van der Waals surface area contributed by atoms with Crippen molar-refractivity contribution in [1.29, 1.82) is 0 Å². The van der Waals surface area contributed by atoms with Crippen LogP contribution in [-0.2, 0) is 9.22 Å². The summed E-state index contributed by atoms with van der Waals surface area (Å²) in [4.78, 5) is 11.0. The van der Waals surface area contributed by atoms with Crippen LogP contribution in [0.15, 0.2) is 12.2 Å². The Labute approximate surface area is 139 Å². The average molecular weight is 327 g/mol. The summed E-state index contributed by atoms with van der Waals surface area (Å²) in [6, 6.07) is 3.57. The molecule has 130 valence electrons. The minimum absolute atomic E-state index is 0.0919. The van der Waals surface area contributed by atoms with E-state index in [1.165, 1.54) is 18.1 Å². The second-order valence-electron chi connectivity index (χ2n) is 7.73. The highest BCUT2D eigenvalue weighted by atomic mass is 28.4. The van der Waals surface area contributed by atoms with E-state index in [0.717, 1.165) is 19.3 Å². The lowest BCUT2D eigenvalue weighted by Gasteiger charge is -2.48. The number of carbonyl (C=O) groups excluding carboxylic acids is 1.